The van der Waals surface area contributed by atoms with E-state index in [4.69, 9.17) is 25.8 Å². The number of halogens is 1. The smallest absolute Gasteiger partial charge is 0.261 e. The maximum absolute atomic E-state index is 12.2. The molecular weight excluding hydrogens is 342 g/mol. The first-order valence-corrected chi connectivity index (χ1v) is 8.47. The molecule has 0 aliphatic heterocycles. The third kappa shape index (κ3) is 6.19. The summed E-state index contributed by atoms with van der Waals surface area (Å²) in [5.74, 6) is 1.91. The fourth-order valence-corrected chi connectivity index (χ4v) is 2.25. The molecule has 1 amide bonds. The maximum Gasteiger partial charge on any atom is 0.261 e. The molecule has 134 valence electrons. The molecule has 0 aliphatic rings. The van der Waals surface area contributed by atoms with Crippen LogP contribution < -0.4 is 19.5 Å². The van der Waals surface area contributed by atoms with E-state index in [0.29, 0.717) is 36.1 Å². The molecule has 0 saturated carbocycles. The first kappa shape index (κ1) is 18.9. The van der Waals surface area contributed by atoms with Crippen molar-refractivity contribution in [2.45, 2.75) is 19.4 Å². The second kappa shape index (κ2) is 9.79. The molecule has 0 radical (unpaired) electrons. The van der Waals surface area contributed by atoms with Gasteiger partial charge >= 0.3 is 0 Å². The monoisotopic (exact) mass is 363 g/mol. The van der Waals surface area contributed by atoms with Gasteiger partial charge in [0.1, 0.15) is 23.9 Å². The molecule has 0 saturated heterocycles. The van der Waals surface area contributed by atoms with Crippen molar-refractivity contribution in [1.29, 1.82) is 0 Å². The Morgan fingerprint density at radius 2 is 1.64 bits per heavy atom. The van der Waals surface area contributed by atoms with Gasteiger partial charge in [-0.1, -0.05) is 18.5 Å². The van der Waals surface area contributed by atoms with Crippen LogP contribution in [0.4, 0.5) is 0 Å². The molecule has 2 rings (SSSR count). The second-order valence-electron chi connectivity index (χ2n) is 5.28. The first-order valence-electron chi connectivity index (χ1n) is 8.09. The Balaban J connectivity index is 1.75. The summed E-state index contributed by atoms with van der Waals surface area (Å²) in [5.41, 5.74) is 0. The van der Waals surface area contributed by atoms with Gasteiger partial charge in [-0.15, -0.1) is 0 Å². The summed E-state index contributed by atoms with van der Waals surface area (Å²) in [4.78, 5) is 12.2. The van der Waals surface area contributed by atoms with Crippen molar-refractivity contribution >= 4 is 17.5 Å². The van der Waals surface area contributed by atoms with Crippen LogP contribution in [0.3, 0.4) is 0 Å². The van der Waals surface area contributed by atoms with Crippen LogP contribution in [-0.2, 0) is 4.79 Å². The average Bonchev–Trinajstić information content (AvgIpc) is 2.65. The van der Waals surface area contributed by atoms with Gasteiger partial charge in [-0.25, -0.2) is 0 Å². The number of methoxy groups -OCH3 is 1. The van der Waals surface area contributed by atoms with Crippen molar-refractivity contribution in [3.63, 3.8) is 0 Å². The van der Waals surface area contributed by atoms with Gasteiger partial charge in [-0.3, -0.25) is 4.79 Å². The van der Waals surface area contributed by atoms with E-state index in [0.717, 1.165) is 5.75 Å². The van der Waals surface area contributed by atoms with Gasteiger partial charge < -0.3 is 19.5 Å². The summed E-state index contributed by atoms with van der Waals surface area (Å²) in [6, 6.07) is 14.2. The molecule has 0 fully saturated rings. The van der Waals surface area contributed by atoms with Crippen molar-refractivity contribution in [2.75, 3.05) is 20.3 Å². The van der Waals surface area contributed by atoms with E-state index in [9.17, 15) is 4.79 Å². The maximum atomic E-state index is 12.2. The van der Waals surface area contributed by atoms with Gasteiger partial charge in [-0.05, 0) is 55.0 Å². The zero-order chi connectivity index (χ0) is 18.1. The zero-order valence-electron chi connectivity index (χ0n) is 14.3. The number of hydrogen-bond acceptors (Lipinski definition) is 4. The van der Waals surface area contributed by atoms with E-state index < -0.39 is 6.10 Å². The van der Waals surface area contributed by atoms with Crippen LogP contribution in [0.25, 0.3) is 0 Å². The summed E-state index contributed by atoms with van der Waals surface area (Å²) < 4.78 is 16.4. The highest BCUT2D eigenvalue weighted by Gasteiger charge is 2.17. The topological polar surface area (TPSA) is 56.8 Å². The predicted molar refractivity (Wildman–Crippen MR) is 97.7 cm³/mol. The van der Waals surface area contributed by atoms with E-state index >= 15 is 0 Å². The van der Waals surface area contributed by atoms with E-state index in [-0.39, 0.29) is 5.91 Å². The summed E-state index contributed by atoms with van der Waals surface area (Å²) >= 11 is 5.82. The molecule has 0 unspecified atom stereocenters. The summed E-state index contributed by atoms with van der Waals surface area (Å²) in [7, 11) is 1.60. The normalized spacial score (nSPS) is 11.5. The molecule has 25 heavy (non-hydrogen) atoms. The number of carbonyl (C=O) groups excluding carboxylic acids is 1. The van der Waals surface area contributed by atoms with Gasteiger partial charge in [-0.2, -0.15) is 0 Å². The van der Waals surface area contributed by atoms with Crippen LogP contribution in [0, 0.1) is 0 Å². The summed E-state index contributed by atoms with van der Waals surface area (Å²) in [5, 5.41) is 3.47. The fourth-order valence-electron chi connectivity index (χ4n) is 2.13. The molecule has 5 nitrogen and oxygen atoms in total. The van der Waals surface area contributed by atoms with E-state index in [1.807, 2.05) is 6.92 Å². The van der Waals surface area contributed by atoms with Crippen LogP contribution >= 0.6 is 11.6 Å². The molecule has 1 atom stereocenters. The number of benzene rings is 2. The fraction of sp³-hybridized carbons (Fsp3) is 0.316. The largest absolute Gasteiger partial charge is 0.497 e. The molecule has 0 aromatic heterocycles. The number of ether oxygens (including phenoxy) is 3. The number of rotatable bonds is 9. The van der Waals surface area contributed by atoms with E-state index in [2.05, 4.69) is 5.32 Å². The highest BCUT2D eigenvalue weighted by molar-refractivity contribution is 6.30. The molecule has 0 bridgehead atoms. The van der Waals surface area contributed by atoms with Crippen molar-refractivity contribution < 1.29 is 19.0 Å². The third-order valence-electron chi connectivity index (χ3n) is 3.48. The van der Waals surface area contributed by atoms with E-state index in [1.165, 1.54) is 0 Å². The van der Waals surface area contributed by atoms with Crippen molar-refractivity contribution in [1.82, 2.24) is 5.32 Å². The van der Waals surface area contributed by atoms with Crippen molar-refractivity contribution in [2.24, 2.45) is 0 Å². The Kier molecular flexibility index (Phi) is 7.41. The number of hydrogen-bond donors (Lipinski definition) is 1. The van der Waals surface area contributed by atoms with Crippen LogP contribution in [-0.4, -0.2) is 32.3 Å². The zero-order valence-corrected chi connectivity index (χ0v) is 15.1. The van der Waals surface area contributed by atoms with Crippen molar-refractivity contribution in [3.05, 3.63) is 53.6 Å². The van der Waals surface area contributed by atoms with Crippen molar-refractivity contribution in [3.8, 4) is 17.2 Å². The van der Waals surface area contributed by atoms with Crippen LogP contribution in [0.15, 0.2) is 48.5 Å². The lowest BCUT2D eigenvalue weighted by Crippen LogP contribution is -2.39. The molecule has 2 aromatic carbocycles. The second-order valence-corrected chi connectivity index (χ2v) is 5.72. The molecule has 6 heteroatoms. The lowest BCUT2D eigenvalue weighted by molar-refractivity contribution is -0.128. The Hall–Kier alpha value is -2.40. The Bertz CT molecular complexity index is 658. The minimum Gasteiger partial charge on any atom is -0.497 e. The summed E-state index contributed by atoms with van der Waals surface area (Å²) in [6.45, 7) is 2.66. The molecule has 0 aliphatic carbocycles. The van der Waals surface area contributed by atoms with Gasteiger partial charge in [0.25, 0.3) is 5.91 Å². The van der Waals surface area contributed by atoms with Crippen LogP contribution in [0.2, 0.25) is 5.02 Å². The van der Waals surface area contributed by atoms with Crippen LogP contribution in [0.5, 0.6) is 17.2 Å². The van der Waals surface area contributed by atoms with Crippen LogP contribution in [0.1, 0.15) is 13.3 Å². The SMILES string of the molecule is CC[C@@H](Oc1ccc(OC)cc1)C(=O)NCCOc1ccc(Cl)cc1. The highest BCUT2D eigenvalue weighted by atomic mass is 35.5. The van der Waals surface area contributed by atoms with E-state index in [1.54, 1.807) is 55.6 Å². The molecule has 1 N–H and O–H groups in total. The molecule has 0 spiro atoms. The van der Waals surface area contributed by atoms with Gasteiger partial charge in [0.2, 0.25) is 0 Å². The minimum absolute atomic E-state index is 0.168. The van der Waals surface area contributed by atoms with Gasteiger partial charge in [0.15, 0.2) is 6.10 Å². The quantitative estimate of drug-likeness (QED) is 0.690. The highest BCUT2D eigenvalue weighted by Crippen LogP contribution is 2.19. The molecule has 0 heterocycles. The lowest BCUT2D eigenvalue weighted by Gasteiger charge is -2.17. The Labute approximate surface area is 152 Å². The Morgan fingerprint density at radius 1 is 1.04 bits per heavy atom. The molecular formula is C19H22ClNO4. The molecule has 2 aromatic rings. The standard InChI is InChI=1S/C19H22ClNO4/c1-3-18(25-17-10-8-15(23-2)9-11-17)19(22)21-12-13-24-16-6-4-14(20)5-7-16/h4-11,18H,3,12-13H2,1-2H3,(H,21,22)/t18-/m1/s1. The summed E-state index contributed by atoms with van der Waals surface area (Å²) in [6.07, 6.45) is 0.0135. The predicted octanol–water partition coefficient (Wildman–Crippen LogP) is 3.70. The first-order chi connectivity index (χ1) is 12.1. The third-order valence-corrected chi connectivity index (χ3v) is 3.74. The number of amides is 1. The van der Waals surface area contributed by atoms with Gasteiger partial charge in [0, 0.05) is 5.02 Å². The minimum atomic E-state index is -0.552. The average molecular weight is 364 g/mol. The van der Waals surface area contributed by atoms with Gasteiger partial charge in [0.05, 0.1) is 13.7 Å². The Morgan fingerprint density at radius 3 is 2.24 bits per heavy atom. The number of nitrogens with one attached hydrogen (secondary N) is 1. The lowest BCUT2D eigenvalue weighted by atomic mass is 10.2. The number of carbonyl (C=O) groups is 1.